The average Bonchev–Trinajstić information content (AvgIpc) is 2.86. The van der Waals surface area contributed by atoms with Gasteiger partial charge in [-0.2, -0.15) is 0 Å². The largest absolute Gasteiger partial charge is 0.490 e. The molecule has 1 aromatic heterocycles. The van der Waals surface area contributed by atoms with Gasteiger partial charge < -0.3 is 4.74 Å². The number of rotatable bonds is 5. The monoisotopic (exact) mass is 300 g/mol. The Bertz CT molecular complexity index is 587. The maximum atomic E-state index is 11.2. The van der Waals surface area contributed by atoms with Gasteiger partial charge in [-0.1, -0.05) is 11.6 Å². The quantitative estimate of drug-likeness (QED) is 0.791. The van der Waals surface area contributed by atoms with Crippen LogP contribution in [0.15, 0.2) is 18.5 Å². The molecule has 100 valence electrons. The molecule has 1 heterocycles. The van der Waals surface area contributed by atoms with Gasteiger partial charge in [-0.25, -0.2) is 4.68 Å². The highest BCUT2D eigenvalue weighted by molar-refractivity contribution is 6.68. The minimum atomic E-state index is -0.542. The van der Waals surface area contributed by atoms with Gasteiger partial charge in [0.15, 0.2) is 0 Å². The van der Waals surface area contributed by atoms with Crippen molar-refractivity contribution in [2.45, 2.75) is 13.5 Å². The fourth-order valence-electron chi connectivity index (χ4n) is 1.57. The summed E-state index contributed by atoms with van der Waals surface area (Å²) in [6, 6.07) is 3.15. The van der Waals surface area contributed by atoms with Crippen molar-refractivity contribution >= 4 is 28.4 Å². The second-order valence-electron chi connectivity index (χ2n) is 3.74. The fraction of sp³-hybridized carbons (Fsp3) is 0.273. The minimum absolute atomic E-state index is 0.325. The number of hydrogen-bond acceptors (Lipinski definition) is 5. The second-order valence-corrected chi connectivity index (χ2v) is 4.49. The molecule has 0 amide bonds. The molecule has 0 spiro atoms. The highest BCUT2D eigenvalue weighted by atomic mass is 35.5. The summed E-state index contributed by atoms with van der Waals surface area (Å²) >= 11 is 11.5. The first-order chi connectivity index (χ1) is 9.09. The van der Waals surface area contributed by atoms with Crippen LogP contribution in [-0.2, 0) is 6.54 Å². The zero-order chi connectivity index (χ0) is 13.8. The van der Waals surface area contributed by atoms with Gasteiger partial charge in [0.2, 0.25) is 0 Å². The van der Waals surface area contributed by atoms with Crippen molar-refractivity contribution in [3.63, 3.8) is 0 Å². The van der Waals surface area contributed by atoms with Crippen LogP contribution in [0.3, 0.4) is 0 Å². The molecule has 0 unspecified atom stereocenters. The Morgan fingerprint density at radius 3 is 2.89 bits per heavy atom. The summed E-state index contributed by atoms with van der Waals surface area (Å²) in [4.78, 5) is 11.2. The second kappa shape index (κ2) is 5.99. The summed E-state index contributed by atoms with van der Waals surface area (Å²) in [6.07, 6.45) is 1.48. The van der Waals surface area contributed by atoms with Crippen LogP contribution in [0.1, 0.15) is 15.9 Å². The van der Waals surface area contributed by atoms with E-state index in [-0.39, 0.29) is 0 Å². The molecule has 19 heavy (non-hydrogen) atoms. The predicted molar refractivity (Wildman–Crippen MR) is 69.7 cm³/mol. The summed E-state index contributed by atoms with van der Waals surface area (Å²) in [7, 11) is 0. The maximum absolute atomic E-state index is 11.2. The van der Waals surface area contributed by atoms with Crippen molar-refractivity contribution in [3.05, 3.63) is 34.6 Å². The summed E-state index contributed by atoms with van der Waals surface area (Å²) in [5.74, 6) is 0.446. The van der Waals surface area contributed by atoms with E-state index in [1.807, 2.05) is 0 Å². The van der Waals surface area contributed by atoms with Crippen molar-refractivity contribution in [1.82, 2.24) is 20.2 Å². The zero-order valence-corrected chi connectivity index (χ0v) is 11.5. The molecule has 6 nitrogen and oxygen atoms in total. The Balaban J connectivity index is 2.11. The highest BCUT2D eigenvalue weighted by Crippen LogP contribution is 2.31. The third-order valence-corrected chi connectivity index (χ3v) is 3.03. The lowest BCUT2D eigenvalue weighted by molar-refractivity contribution is 0.108. The third kappa shape index (κ3) is 3.21. The van der Waals surface area contributed by atoms with E-state index < -0.39 is 5.24 Å². The predicted octanol–water partition coefficient (Wildman–Crippen LogP) is 2.09. The molecule has 0 aliphatic rings. The van der Waals surface area contributed by atoms with Crippen molar-refractivity contribution in [1.29, 1.82) is 0 Å². The van der Waals surface area contributed by atoms with Gasteiger partial charge >= 0.3 is 0 Å². The first kappa shape index (κ1) is 13.8. The van der Waals surface area contributed by atoms with Gasteiger partial charge in [0.1, 0.15) is 18.7 Å². The molecular formula is C11H10Cl2N4O2. The molecule has 2 rings (SSSR count). The van der Waals surface area contributed by atoms with Crippen LogP contribution in [0.2, 0.25) is 5.02 Å². The summed E-state index contributed by atoms with van der Waals surface area (Å²) in [5, 5.41) is 10.6. The molecule has 2 aromatic rings. The number of carbonyl (C=O) groups is 1. The number of aromatic nitrogens is 4. The number of benzene rings is 1. The first-order valence-electron chi connectivity index (χ1n) is 5.42. The van der Waals surface area contributed by atoms with Crippen LogP contribution in [0.5, 0.6) is 5.75 Å². The number of hydrogen-bond donors (Lipinski definition) is 0. The Labute approximate surface area is 119 Å². The van der Waals surface area contributed by atoms with Gasteiger partial charge in [0, 0.05) is 11.1 Å². The van der Waals surface area contributed by atoms with Gasteiger partial charge in [0.25, 0.3) is 5.24 Å². The van der Waals surface area contributed by atoms with Gasteiger partial charge in [-0.15, -0.1) is 5.10 Å². The van der Waals surface area contributed by atoms with E-state index in [1.54, 1.807) is 19.1 Å². The van der Waals surface area contributed by atoms with E-state index in [4.69, 9.17) is 27.9 Å². The number of nitrogens with zero attached hydrogens (tertiary/aromatic N) is 4. The van der Waals surface area contributed by atoms with Crippen LogP contribution < -0.4 is 4.74 Å². The lowest BCUT2D eigenvalue weighted by Crippen LogP contribution is -2.10. The standard InChI is InChI=1S/C11H10Cl2N4O2/c1-7-8(11(13)18)2-3-9(12)10(7)19-5-4-17-6-14-15-16-17/h2-3,6H,4-5H2,1H3. The van der Waals surface area contributed by atoms with E-state index >= 15 is 0 Å². The van der Waals surface area contributed by atoms with Gasteiger partial charge in [0.05, 0.1) is 11.6 Å². The number of carbonyl (C=O) groups excluding carboxylic acids is 1. The fourth-order valence-corrected chi connectivity index (χ4v) is 2.04. The third-order valence-electron chi connectivity index (χ3n) is 2.53. The SMILES string of the molecule is Cc1c(C(=O)Cl)ccc(Cl)c1OCCn1cnnn1. The van der Waals surface area contributed by atoms with Crippen LogP contribution in [0, 0.1) is 6.92 Å². The molecular weight excluding hydrogens is 291 g/mol. The topological polar surface area (TPSA) is 69.9 Å². The van der Waals surface area contributed by atoms with Crippen molar-refractivity contribution in [2.24, 2.45) is 0 Å². The Morgan fingerprint density at radius 2 is 2.26 bits per heavy atom. The maximum Gasteiger partial charge on any atom is 0.252 e. The van der Waals surface area contributed by atoms with Crippen LogP contribution in [0.25, 0.3) is 0 Å². The molecule has 0 aliphatic heterocycles. The van der Waals surface area contributed by atoms with E-state index in [9.17, 15) is 4.79 Å². The lowest BCUT2D eigenvalue weighted by Gasteiger charge is -2.12. The van der Waals surface area contributed by atoms with Gasteiger partial charge in [-0.3, -0.25) is 4.79 Å². The van der Waals surface area contributed by atoms with Crippen LogP contribution >= 0.6 is 23.2 Å². The molecule has 0 atom stereocenters. The summed E-state index contributed by atoms with van der Waals surface area (Å²) in [6.45, 7) is 2.53. The molecule has 8 heteroatoms. The van der Waals surface area contributed by atoms with Crippen molar-refractivity contribution in [2.75, 3.05) is 6.61 Å². The highest BCUT2D eigenvalue weighted by Gasteiger charge is 2.14. The van der Waals surface area contributed by atoms with E-state index in [1.165, 1.54) is 11.0 Å². The Kier molecular flexibility index (Phi) is 4.34. The Hall–Kier alpha value is -1.66. The summed E-state index contributed by atoms with van der Waals surface area (Å²) in [5.41, 5.74) is 0.993. The molecule has 0 aliphatic carbocycles. The normalized spacial score (nSPS) is 10.5. The summed E-state index contributed by atoms with van der Waals surface area (Å²) < 4.78 is 7.10. The Morgan fingerprint density at radius 1 is 1.47 bits per heavy atom. The van der Waals surface area contributed by atoms with Crippen molar-refractivity contribution < 1.29 is 9.53 Å². The van der Waals surface area contributed by atoms with E-state index in [2.05, 4.69) is 15.5 Å². The molecule has 0 bridgehead atoms. The van der Waals surface area contributed by atoms with Crippen molar-refractivity contribution in [3.8, 4) is 5.75 Å². The zero-order valence-electron chi connectivity index (χ0n) is 10.0. The number of halogens is 2. The lowest BCUT2D eigenvalue weighted by atomic mass is 10.1. The molecule has 0 fully saturated rings. The molecule has 0 N–H and O–H groups in total. The molecule has 0 radical (unpaired) electrons. The number of tetrazole rings is 1. The number of ether oxygens (including phenoxy) is 1. The first-order valence-corrected chi connectivity index (χ1v) is 6.17. The molecule has 0 saturated carbocycles. The van der Waals surface area contributed by atoms with E-state index in [0.29, 0.717) is 35.1 Å². The minimum Gasteiger partial charge on any atom is -0.490 e. The average molecular weight is 301 g/mol. The molecule has 1 aromatic carbocycles. The smallest absolute Gasteiger partial charge is 0.252 e. The van der Waals surface area contributed by atoms with Crippen LogP contribution in [0.4, 0.5) is 0 Å². The van der Waals surface area contributed by atoms with Gasteiger partial charge in [-0.05, 0) is 41.1 Å². The van der Waals surface area contributed by atoms with Crippen LogP contribution in [-0.4, -0.2) is 32.1 Å². The molecule has 0 saturated heterocycles. The van der Waals surface area contributed by atoms with E-state index in [0.717, 1.165) is 0 Å².